The van der Waals surface area contributed by atoms with Crippen LogP contribution in [0.2, 0.25) is 0 Å². The Morgan fingerprint density at radius 3 is 1.67 bits per heavy atom. The molecule has 1 aromatic heterocycles. The second-order valence-electron chi connectivity index (χ2n) is 6.36. The van der Waals surface area contributed by atoms with Crippen LogP contribution in [0.5, 0.6) is 0 Å². The topological polar surface area (TPSA) is 4.93 Å². The summed E-state index contributed by atoms with van der Waals surface area (Å²) in [7, 11) is 0. The largest absolute Gasteiger partial charge is 0.317 e. The van der Waals surface area contributed by atoms with E-state index in [1.807, 2.05) is 12.3 Å². The molecule has 0 unspecified atom stereocenters. The van der Waals surface area contributed by atoms with E-state index >= 15 is 0 Å². The van der Waals surface area contributed by atoms with Crippen LogP contribution in [0.25, 0.3) is 44.9 Å². The summed E-state index contributed by atoms with van der Waals surface area (Å²) in [5.74, 6) is 0. The van der Waals surface area contributed by atoms with Gasteiger partial charge in [0.15, 0.2) is 0 Å². The maximum atomic E-state index is 3.87. The van der Waals surface area contributed by atoms with Crippen molar-refractivity contribution in [1.29, 1.82) is 0 Å². The molecule has 0 aliphatic rings. The van der Waals surface area contributed by atoms with Gasteiger partial charge in [0.1, 0.15) is 0 Å². The zero-order chi connectivity index (χ0) is 18.6. The van der Waals surface area contributed by atoms with Crippen molar-refractivity contribution in [1.82, 2.24) is 4.57 Å². The number of aromatic nitrogens is 1. The minimum atomic E-state index is 1.20. The summed E-state index contributed by atoms with van der Waals surface area (Å²) in [5.41, 5.74) is 3.63. The van der Waals surface area contributed by atoms with Crippen molar-refractivity contribution < 1.29 is 0 Å². The van der Waals surface area contributed by atoms with Gasteiger partial charge in [0.2, 0.25) is 0 Å². The Balaban J connectivity index is 0.000000137. The molecule has 4 aromatic carbocycles. The van der Waals surface area contributed by atoms with E-state index in [1.54, 1.807) is 0 Å². The highest BCUT2D eigenvalue weighted by Gasteiger charge is 2.06. The van der Waals surface area contributed by atoms with Crippen LogP contribution in [0.3, 0.4) is 0 Å². The molecular formula is C26H21N. The van der Waals surface area contributed by atoms with Crippen LogP contribution in [0.4, 0.5) is 0 Å². The lowest BCUT2D eigenvalue weighted by Crippen LogP contribution is -1.82. The van der Waals surface area contributed by atoms with Gasteiger partial charge in [-0.05, 0) is 28.5 Å². The number of hydrogen-bond acceptors (Lipinski definition) is 0. The lowest BCUT2D eigenvalue weighted by Gasteiger charge is -1.99. The van der Waals surface area contributed by atoms with Crippen LogP contribution in [0, 0.1) is 0 Å². The lowest BCUT2D eigenvalue weighted by atomic mass is 10.1. The van der Waals surface area contributed by atoms with Gasteiger partial charge < -0.3 is 4.57 Å². The normalized spacial score (nSPS) is 10.5. The molecule has 0 aliphatic carbocycles. The predicted octanol–water partition coefficient (Wildman–Crippen LogP) is 7.38. The van der Waals surface area contributed by atoms with Crippen molar-refractivity contribution in [3.05, 3.63) is 110 Å². The minimum absolute atomic E-state index is 1.20. The van der Waals surface area contributed by atoms with Crippen LogP contribution in [0.1, 0.15) is 5.56 Å². The highest BCUT2D eigenvalue weighted by atomic mass is 14.9. The van der Waals surface area contributed by atoms with Crippen molar-refractivity contribution >= 4 is 44.9 Å². The molecule has 1 heterocycles. The summed E-state index contributed by atoms with van der Waals surface area (Å²) in [6.45, 7) is 7.65. The van der Waals surface area contributed by atoms with Gasteiger partial charge >= 0.3 is 0 Å². The van der Waals surface area contributed by atoms with Gasteiger partial charge in [0.05, 0.1) is 11.0 Å². The molecule has 0 amide bonds. The van der Waals surface area contributed by atoms with Crippen LogP contribution >= 0.6 is 0 Å². The maximum absolute atomic E-state index is 3.87. The Morgan fingerprint density at radius 1 is 0.556 bits per heavy atom. The van der Waals surface area contributed by atoms with E-state index in [1.165, 1.54) is 38.1 Å². The van der Waals surface area contributed by atoms with Gasteiger partial charge in [-0.1, -0.05) is 98.1 Å². The summed E-state index contributed by atoms with van der Waals surface area (Å²) in [4.78, 5) is 0. The SMILES string of the molecule is C=Cc1cccc2ccccc12.C=Cn1c2ccccc2c2ccccc21. The molecular weight excluding hydrogens is 326 g/mol. The van der Waals surface area contributed by atoms with E-state index in [0.717, 1.165) is 0 Å². The lowest BCUT2D eigenvalue weighted by molar-refractivity contribution is 1.30. The monoisotopic (exact) mass is 347 g/mol. The fourth-order valence-corrected chi connectivity index (χ4v) is 3.58. The first-order valence-corrected chi connectivity index (χ1v) is 9.04. The Kier molecular flexibility index (Phi) is 4.59. The molecule has 0 bridgehead atoms. The molecule has 5 aromatic rings. The van der Waals surface area contributed by atoms with E-state index in [-0.39, 0.29) is 0 Å². The molecule has 0 radical (unpaired) electrons. The predicted molar refractivity (Wildman–Crippen MR) is 120 cm³/mol. The molecule has 5 rings (SSSR count). The summed E-state index contributed by atoms with van der Waals surface area (Å²) in [6.07, 6.45) is 3.76. The number of fused-ring (bicyclic) bond motifs is 4. The Hall–Kier alpha value is -3.58. The van der Waals surface area contributed by atoms with Crippen molar-refractivity contribution in [2.24, 2.45) is 0 Å². The second kappa shape index (κ2) is 7.35. The van der Waals surface area contributed by atoms with E-state index in [4.69, 9.17) is 0 Å². The standard InChI is InChI=1S/C14H11N.C12H10/c1-2-15-13-9-5-3-7-11(13)12-8-4-6-10-14(12)15;1-2-10-7-5-8-11-6-3-4-9-12(10)11/h2-10H,1H2;2-9H,1H2. The molecule has 27 heavy (non-hydrogen) atoms. The molecule has 0 atom stereocenters. The second-order valence-corrected chi connectivity index (χ2v) is 6.36. The third-order valence-electron chi connectivity index (χ3n) is 4.84. The first-order valence-electron chi connectivity index (χ1n) is 9.04. The number of hydrogen-bond donors (Lipinski definition) is 0. The van der Waals surface area contributed by atoms with E-state index < -0.39 is 0 Å². The Bertz CT molecular complexity index is 1200. The molecule has 0 saturated heterocycles. The molecule has 1 nitrogen and oxygen atoms in total. The smallest absolute Gasteiger partial charge is 0.0534 e. The van der Waals surface area contributed by atoms with Crippen molar-refractivity contribution in [3.8, 4) is 0 Å². The first kappa shape index (κ1) is 16.9. The minimum Gasteiger partial charge on any atom is -0.317 e. The average Bonchev–Trinajstić information content (AvgIpc) is 3.07. The van der Waals surface area contributed by atoms with Gasteiger partial charge in [-0.15, -0.1) is 0 Å². The first-order chi connectivity index (χ1) is 13.3. The molecule has 1 heteroatoms. The summed E-state index contributed by atoms with van der Waals surface area (Å²) in [6, 6.07) is 31.4. The number of rotatable bonds is 2. The molecule has 130 valence electrons. The summed E-state index contributed by atoms with van der Waals surface area (Å²) >= 11 is 0. The van der Waals surface area contributed by atoms with Gasteiger partial charge in [0, 0.05) is 17.0 Å². The van der Waals surface area contributed by atoms with Gasteiger partial charge in [0.25, 0.3) is 0 Å². The highest BCUT2D eigenvalue weighted by molar-refractivity contribution is 6.09. The third kappa shape index (κ3) is 3.04. The molecule has 0 N–H and O–H groups in total. The molecule has 0 spiro atoms. The van der Waals surface area contributed by atoms with Gasteiger partial charge in [-0.2, -0.15) is 0 Å². The third-order valence-corrected chi connectivity index (χ3v) is 4.84. The number of para-hydroxylation sites is 2. The van der Waals surface area contributed by atoms with Gasteiger partial charge in [-0.25, -0.2) is 0 Å². The zero-order valence-electron chi connectivity index (χ0n) is 15.2. The molecule has 0 aliphatic heterocycles. The average molecular weight is 347 g/mol. The van der Waals surface area contributed by atoms with Crippen LogP contribution in [-0.4, -0.2) is 4.57 Å². The summed E-state index contributed by atoms with van der Waals surface area (Å²) in [5, 5.41) is 5.12. The van der Waals surface area contributed by atoms with E-state index in [2.05, 4.69) is 109 Å². The van der Waals surface area contributed by atoms with E-state index in [9.17, 15) is 0 Å². The highest BCUT2D eigenvalue weighted by Crippen LogP contribution is 2.28. The van der Waals surface area contributed by atoms with E-state index in [0.29, 0.717) is 0 Å². The van der Waals surface area contributed by atoms with Gasteiger partial charge in [-0.3, -0.25) is 0 Å². The van der Waals surface area contributed by atoms with Crippen LogP contribution in [-0.2, 0) is 0 Å². The fourth-order valence-electron chi connectivity index (χ4n) is 3.58. The van der Waals surface area contributed by atoms with Crippen molar-refractivity contribution in [3.63, 3.8) is 0 Å². The molecule has 0 fully saturated rings. The number of nitrogens with zero attached hydrogens (tertiary/aromatic N) is 1. The quantitative estimate of drug-likeness (QED) is 0.314. The fraction of sp³-hybridized carbons (Fsp3) is 0. The summed E-state index contributed by atoms with van der Waals surface area (Å²) < 4.78 is 2.13. The Morgan fingerprint density at radius 2 is 1.07 bits per heavy atom. The zero-order valence-corrected chi connectivity index (χ0v) is 15.2. The molecule has 0 saturated carbocycles. The number of benzene rings is 4. The Labute approximate surface area is 159 Å². The van der Waals surface area contributed by atoms with Crippen molar-refractivity contribution in [2.45, 2.75) is 0 Å². The van der Waals surface area contributed by atoms with Crippen molar-refractivity contribution in [2.75, 3.05) is 0 Å². The van der Waals surface area contributed by atoms with Crippen LogP contribution < -0.4 is 0 Å². The van der Waals surface area contributed by atoms with Crippen LogP contribution in [0.15, 0.2) is 104 Å². The maximum Gasteiger partial charge on any atom is 0.0534 e.